The molecule has 0 aromatic heterocycles. The SMILES string of the molecule is Cc1ccc(C(=O)N2CCN(c3c([N+](=O)[O-])cc(C(F)(F)F)cc3[N+](=O)[O-])CC2)cc1. The Kier molecular flexibility index (Phi) is 5.82. The highest BCUT2D eigenvalue weighted by Gasteiger charge is 2.40. The van der Waals surface area contributed by atoms with Gasteiger partial charge in [0.2, 0.25) is 0 Å². The first-order valence-electron chi connectivity index (χ1n) is 9.14. The standard InChI is InChI=1S/C19H17F3N4O5/c1-12-2-4-13(5-3-12)18(27)24-8-6-23(7-9-24)17-15(25(28)29)10-14(19(20,21)22)11-16(17)26(30)31/h2-5,10-11H,6-9H2,1H3. The maximum atomic E-state index is 13.1. The summed E-state index contributed by atoms with van der Waals surface area (Å²) in [5, 5.41) is 22.9. The number of anilines is 1. The monoisotopic (exact) mass is 438 g/mol. The van der Waals surface area contributed by atoms with Gasteiger partial charge in [0.1, 0.15) is 0 Å². The molecule has 31 heavy (non-hydrogen) atoms. The van der Waals surface area contributed by atoms with Crippen molar-refractivity contribution in [2.75, 3.05) is 31.1 Å². The second-order valence-corrected chi connectivity index (χ2v) is 7.02. The van der Waals surface area contributed by atoms with Gasteiger partial charge in [-0.3, -0.25) is 25.0 Å². The zero-order valence-electron chi connectivity index (χ0n) is 16.3. The lowest BCUT2D eigenvalue weighted by atomic mass is 10.1. The normalized spacial score (nSPS) is 14.5. The number of nitrogens with zero attached hydrogens (tertiary/aromatic N) is 4. The minimum atomic E-state index is -4.98. The van der Waals surface area contributed by atoms with Crippen molar-refractivity contribution in [3.8, 4) is 0 Å². The van der Waals surface area contributed by atoms with Gasteiger partial charge in [-0.05, 0) is 19.1 Å². The summed E-state index contributed by atoms with van der Waals surface area (Å²) >= 11 is 0. The quantitative estimate of drug-likeness (QED) is 0.531. The molecule has 1 aliphatic rings. The number of aryl methyl sites for hydroxylation is 1. The van der Waals surface area contributed by atoms with Crippen molar-refractivity contribution in [1.29, 1.82) is 0 Å². The molecule has 0 aliphatic carbocycles. The average Bonchev–Trinajstić information content (AvgIpc) is 2.72. The molecular formula is C19H17F3N4O5. The number of alkyl halides is 3. The van der Waals surface area contributed by atoms with Gasteiger partial charge in [-0.2, -0.15) is 13.2 Å². The van der Waals surface area contributed by atoms with Crippen LogP contribution in [0.5, 0.6) is 0 Å². The van der Waals surface area contributed by atoms with Crippen LogP contribution >= 0.6 is 0 Å². The number of carbonyl (C=O) groups is 1. The summed E-state index contributed by atoms with van der Waals surface area (Å²) < 4.78 is 39.2. The zero-order valence-corrected chi connectivity index (χ0v) is 16.3. The number of benzene rings is 2. The molecule has 0 atom stereocenters. The van der Waals surface area contributed by atoms with E-state index in [-0.39, 0.29) is 32.1 Å². The molecule has 1 aliphatic heterocycles. The Labute approximate surface area is 174 Å². The molecule has 0 bridgehead atoms. The summed E-state index contributed by atoms with van der Waals surface area (Å²) in [4.78, 5) is 36.1. The van der Waals surface area contributed by atoms with Gasteiger partial charge >= 0.3 is 6.18 Å². The molecule has 3 rings (SSSR count). The van der Waals surface area contributed by atoms with Crippen LogP contribution in [0.4, 0.5) is 30.2 Å². The number of hydrogen-bond donors (Lipinski definition) is 0. The van der Waals surface area contributed by atoms with E-state index in [0.717, 1.165) is 5.56 Å². The highest BCUT2D eigenvalue weighted by Crippen LogP contribution is 2.43. The maximum absolute atomic E-state index is 13.1. The van der Waals surface area contributed by atoms with Crippen molar-refractivity contribution in [3.63, 3.8) is 0 Å². The molecule has 12 heteroatoms. The third-order valence-electron chi connectivity index (χ3n) is 4.97. The van der Waals surface area contributed by atoms with Crippen molar-refractivity contribution in [2.24, 2.45) is 0 Å². The van der Waals surface area contributed by atoms with E-state index in [9.17, 15) is 38.2 Å². The summed E-state index contributed by atoms with van der Waals surface area (Å²) in [6.45, 7) is 2.05. The van der Waals surface area contributed by atoms with E-state index < -0.39 is 38.6 Å². The van der Waals surface area contributed by atoms with Gasteiger partial charge in [0.15, 0.2) is 5.69 Å². The fourth-order valence-corrected chi connectivity index (χ4v) is 3.38. The smallest absolute Gasteiger partial charge is 0.357 e. The molecule has 1 heterocycles. The van der Waals surface area contributed by atoms with Gasteiger partial charge in [0.25, 0.3) is 17.3 Å². The van der Waals surface area contributed by atoms with Crippen LogP contribution in [0.2, 0.25) is 0 Å². The Bertz CT molecular complexity index is 997. The van der Waals surface area contributed by atoms with Crippen LogP contribution in [0.1, 0.15) is 21.5 Å². The van der Waals surface area contributed by atoms with Crippen molar-refractivity contribution < 1.29 is 27.8 Å². The van der Waals surface area contributed by atoms with Crippen LogP contribution < -0.4 is 4.90 Å². The number of nitro groups is 2. The lowest BCUT2D eigenvalue weighted by Crippen LogP contribution is -2.49. The fraction of sp³-hybridized carbons (Fsp3) is 0.316. The second-order valence-electron chi connectivity index (χ2n) is 7.02. The molecule has 1 saturated heterocycles. The average molecular weight is 438 g/mol. The van der Waals surface area contributed by atoms with Crippen LogP contribution in [-0.2, 0) is 6.18 Å². The molecule has 0 saturated carbocycles. The molecule has 2 aromatic carbocycles. The van der Waals surface area contributed by atoms with Crippen LogP contribution in [-0.4, -0.2) is 46.8 Å². The minimum Gasteiger partial charge on any atom is -0.357 e. The fourth-order valence-electron chi connectivity index (χ4n) is 3.38. The minimum absolute atomic E-state index is 0.00928. The summed E-state index contributed by atoms with van der Waals surface area (Å²) in [5.74, 6) is -0.268. The van der Waals surface area contributed by atoms with Crippen molar-refractivity contribution >= 4 is 23.0 Å². The summed E-state index contributed by atoms with van der Waals surface area (Å²) in [6, 6.07) is 7.47. The van der Waals surface area contributed by atoms with Crippen LogP contribution in [0.3, 0.4) is 0 Å². The predicted octanol–water partition coefficient (Wildman–Crippen LogP) is 3.79. The number of nitro benzene ring substituents is 2. The lowest BCUT2D eigenvalue weighted by Gasteiger charge is -2.35. The molecule has 0 unspecified atom stereocenters. The van der Waals surface area contributed by atoms with E-state index >= 15 is 0 Å². The van der Waals surface area contributed by atoms with E-state index in [4.69, 9.17) is 0 Å². The molecule has 164 valence electrons. The molecular weight excluding hydrogens is 421 g/mol. The molecule has 1 fully saturated rings. The van der Waals surface area contributed by atoms with Gasteiger partial charge in [-0.15, -0.1) is 0 Å². The number of hydrogen-bond acceptors (Lipinski definition) is 6. The second kappa shape index (κ2) is 8.20. The molecule has 1 amide bonds. The Balaban J connectivity index is 1.90. The van der Waals surface area contributed by atoms with E-state index in [1.165, 1.54) is 9.80 Å². The van der Waals surface area contributed by atoms with Gasteiger partial charge in [-0.25, -0.2) is 0 Å². The molecule has 0 N–H and O–H groups in total. The van der Waals surface area contributed by atoms with E-state index in [1.807, 2.05) is 6.92 Å². The molecule has 0 spiro atoms. The summed E-state index contributed by atoms with van der Waals surface area (Å²) in [5.41, 5.74) is -2.54. The van der Waals surface area contributed by atoms with Gasteiger partial charge < -0.3 is 9.80 Å². The summed E-state index contributed by atoms with van der Waals surface area (Å²) in [7, 11) is 0. The Hall–Kier alpha value is -3.70. The number of rotatable bonds is 4. The van der Waals surface area contributed by atoms with Crippen molar-refractivity contribution in [1.82, 2.24) is 4.90 Å². The first kappa shape index (κ1) is 22.0. The molecule has 0 radical (unpaired) electrons. The van der Waals surface area contributed by atoms with Gasteiger partial charge in [0.05, 0.1) is 15.4 Å². The Morgan fingerprint density at radius 3 is 1.84 bits per heavy atom. The van der Waals surface area contributed by atoms with Crippen molar-refractivity contribution in [2.45, 2.75) is 13.1 Å². The predicted molar refractivity (Wildman–Crippen MR) is 104 cm³/mol. The number of amides is 1. The molecule has 9 nitrogen and oxygen atoms in total. The molecule has 2 aromatic rings. The number of halogens is 3. The summed E-state index contributed by atoms with van der Waals surface area (Å²) in [6.07, 6.45) is -4.98. The lowest BCUT2D eigenvalue weighted by molar-refractivity contribution is -0.393. The van der Waals surface area contributed by atoms with Crippen LogP contribution in [0.25, 0.3) is 0 Å². The Morgan fingerprint density at radius 1 is 0.935 bits per heavy atom. The topological polar surface area (TPSA) is 110 Å². The number of piperazine rings is 1. The third kappa shape index (κ3) is 4.57. The van der Waals surface area contributed by atoms with Crippen LogP contribution in [0.15, 0.2) is 36.4 Å². The number of carbonyl (C=O) groups excluding carboxylic acids is 1. The zero-order chi connectivity index (χ0) is 22.9. The van der Waals surface area contributed by atoms with Gasteiger partial charge in [-0.1, -0.05) is 17.7 Å². The third-order valence-corrected chi connectivity index (χ3v) is 4.97. The first-order chi connectivity index (χ1) is 14.5. The maximum Gasteiger partial charge on any atom is 0.416 e. The first-order valence-corrected chi connectivity index (χ1v) is 9.14. The van der Waals surface area contributed by atoms with Crippen molar-refractivity contribution in [3.05, 3.63) is 73.3 Å². The largest absolute Gasteiger partial charge is 0.416 e. The highest BCUT2D eigenvalue weighted by atomic mass is 19.4. The Morgan fingerprint density at radius 2 is 1.42 bits per heavy atom. The highest BCUT2D eigenvalue weighted by molar-refractivity contribution is 5.94. The van der Waals surface area contributed by atoms with Crippen LogP contribution in [0, 0.1) is 27.2 Å². The van der Waals surface area contributed by atoms with E-state index in [1.54, 1.807) is 24.3 Å². The van der Waals surface area contributed by atoms with Gasteiger partial charge in [0, 0.05) is 43.9 Å². The van der Waals surface area contributed by atoms with E-state index in [2.05, 4.69) is 0 Å². The van der Waals surface area contributed by atoms with E-state index in [0.29, 0.717) is 17.7 Å².